The highest BCUT2D eigenvalue weighted by Crippen LogP contribution is 2.26. The first-order valence-electron chi connectivity index (χ1n) is 7.99. The third kappa shape index (κ3) is 3.11. The molecule has 1 atom stereocenters. The van der Waals surface area contributed by atoms with E-state index >= 15 is 0 Å². The van der Waals surface area contributed by atoms with Gasteiger partial charge in [-0.3, -0.25) is 0 Å². The van der Waals surface area contributed by atoms with Crippen molar-refractivity contribution in [3.8, 4) is 0 Å². The molecule has 1 aromatic rings. The second-order valence-corrected chi connectivity index (χ2v) is 6.55. The van der Waals surface area contributed by atoms with E-state index in [9.17, 15) is 0 Å². The lowest BCUT2D eigenvalue weighted by atomic mass is 10.2. The molecule has 4 heteroatoms. The highest BCUT2D eigenvalue weighted by molar-refractivity contribution is 5.42. The van der Waals surface area contributed by atoms with Crippen molar-refractivity contribution in [1.82, 2.24) is 15.3 Å². The highest BCUT2D eigenvalue weighted by atomic mass is 15.3. The van der Waals surface area contributed by atoms with Crippen LogP contribution in [0.4, 0.5) is 5.82 Å². The molecule has 20 heavy (non-hydrogen) atoms. The Bertz CT molecular complexity index is 468. The molecule has 2 fully saturated rings. The molecular weight excluding hydrogens is 248 g/mol. The summed E-state index contributed by atoms with van der Waals surface area (Å²) in [5.74, 6) is 2.49. The molecule has 1 saturated carbocycles. The molecule has 2 aliphatic rings. The molecule has 0 aromatic carbocycles. The molecular formula is C16H26N4. The van der Waals surface area contributed by atoms with Crippen molar-refractivity contribution in [2.75, 3.05) is 18.0 Å². The minimum Gasteiger partial charge on any atom is -0.352 e. The van der Waals surface area contributed by atoms with Crippen LogP contribution in [0.3, 0.4) is 0 Å². The predicted molar refractivity (Wildman–Crippen MR) is 82.3 cm³/mol. The standard InChI is InChI=1S/C16H26N4/c1-11(2)16-18-12(3)9-15(19-16)20-8-4-5-14(20)10-17-13-6-7-13/h9,11,13-14,17H,4-8,10H2,1-3H3. The summed E-state index contributed by atoms with van der Waals surface area (Å²) in [6, 6.07) is 3.53. The molecule has 110 valence electrons. The second kappa shape index (κ2) is 5.68. The number of rotatable bonds is 5. The third-order valence-corrected chi connectivity index (χ3v) is 4.27. The Kier molecular flexibility index (Phi) is 3.92. The molecule has 0 radical (unpaired) electrons. The van der Waals surface area contributed by atoms with Gasteiger partial charge in [-0.05, 0) is 32.6 Å². The SMILES string of the molecule is Cc1cc(N2CCCC2CNC2CC2)nc(C(C)C)n1. The number of anilines is 1. The molecule has 1 unspecified atom stereocenters. The van der Waals surface area contributed by atoms with Crippen molar-refractivity contribution in [1.29, 1.82) is 0 Å². The first kappa shape index (κ1) is 13.8. The molecule has 3 rings (SSSR count). The van der Waals surface area contributed by atoms with Crippen LogP contribution in [-0.2, 0) is 0 Å². The molecule has 0 spiro atoms. The Morgan fingerprint density at radius 1 is 1.30 bits per heavy atom. The fourth-order valence-corrected chi connectivity index (χ4v) is 2.92. The molecule has 1 aliphatic heterocycles. The maximum atomic E-state index is 4.80. The monoisotopic (exact) mass is 274 g/mol. The number of nitrogens with zero attached hydrogens (tertiary/aromatic N) is 3. The Morgan fingerprint density at radius 3 is 2.80 bits per heavy atom. The summed E-state index contributed by atoms with van der Waals surface area (Å²) < 4.78 is 0. The number of hydrogen-bond acceptors (Lipinski definition) is 4. The fourth-order valence-electron chi connectivity index (χ4n) is 2.92. The lowest BCUT2D eigenvalue weighted by Gasteiger charge is -2.27. The average Bonchev–Trinajstić information content (AvgIpc) is 3.12. The summed E-state index contributed by atoms with van der Waals surface area (Å²) in [5.41, 5.74) is 1.08. The van der Waals surface area contributed by atoms with Gasteiger partial charge in [-0.25, -0.2) is 9.97 Å². The van der Waals surface area contributed by atoms with Gasteiger partial charge in [-0.1, -0.05) is 13.8 Å². The minimum atomic E-state index is 0.388. The van der Waals surface area contributed by atoms with Crippen molar-refractivity contribution in [2.45, 2.75) is 64.5 Å². The van der Waals surface area contributed by atoms with E-state index in [-0.39, 0.29) is 0 Å². The zero-order valence-corrected chi connectivity index (χ0v) is 12.9. The molecule has 1 saturated heterocycles. The van der Waals surface area contributed by atoms with E-state index < -0.39 is 0 Å². The molecule has 0 amide bonds. The predicted octanol–water partition coefficient (Wildman–Crippen LogP) is 2.63. The average molecular weight is 274 g/mol. The van der Waals surface area contributed by atoms with Crippen molar-refractivity contribution in [2.24, 2.45) is 0 Å². The van der Waals surface area contributed by atoms with Gasteiger partial charge in [0.25, 0.3) is 0 Å². The lowest BCUT2D eigenvalue weighted by Crippen LogP contribution is -2.39. The quantitative estimate of drug-likeness (QED) is 0.896. The Morgan fingerprint density at radius 2 is 2.10 bits per heavy atom. The van der Waals surface area contributed by atoms with Crippen molar-refractivity contribution in [3.63, 3.8) is 0 Å². The van der Waals surface area contributed by atoms with Crippen molar-refractivity contribution < 1.29 is 0 Å². The third-order valence-electron chi connectivity index (χ3n) is 4.27. The summed E-state index contributed by atoms with van der Waals surface area (Å²) in [5, 5.41) is 3.67. The fraction of sp³-hybridized carbons (Fsp3) is 0.750. The van der Waals surface area contributed by atoms with E-state index in [1.165, 1.54) is 25.7 Å². The van der Waals surface area contributed by atoms with E-state index in [0.29, 0.717) is 12.0 Å². The Labute approximate surface area is 122 Å². The molecule has 1 N–H and O–H groups in total. The van der Waals surface area contributed by atoms with Crippen LogP contribution in [-0.4, -0.2) is 35.1 Å². The number of aryl methyl sites for hydroxylation is 1. The normalized spacial score (nSPS) is 22.8. The summed E-state index contributed by atoms with van der Waals surface area (Å²) in [7, 11) is 0. The summed E-state index contributed by atoms with van der Waals surface area (Å²) >= 11 is 0. The molecule has 4 nitrogen and oxygen atoms in total. The van der Waals surface area contributed by atoms with E-state index in [0.717, 1.165) is 36.5 Å². The Hall–Kier alpha value is -1.16. The largest absolute Gasteiger partial charge is 0.352 e. The van der Waals surface area contributed by atoms with E-state index in [4.69, 9.17) is 4.98 Å². The summed E-state index contributed by atoms with van der Waals surface area (Å²) in [6.45, 7) is 8.63. The maximum absolute atomic E-state index is 4.80. The summed E-state index contributed by atoms with van der Waals surface area (Å²) in [6.07, 6.45) is 5.27. The van der Waals surface area contributed by atoms with Crippen LogP contribution in [0.5, 0.6) is 0 Å². The van der Waals surface area contributed by atoms with Crippen molar-refractivity contribution >= 4 is 5.82 Å². The van der Waals surface area contributed by atoms with Gasteiger partial charge in [0, 0.05) is 42.9 Å². The van der Waals surface area contributed by atoms with E-state index in [1.54, 1.807) is 0 Å². The second-order valence-electron chi connectivity index (χ2n) is 6.55. The first-order valence-corrected chi connectivity index (χ1v) is 7.99. The summed E-state index contributed by atoms with van der Waals surface area (Å²) in [4.78, 5) is 11.8. The van der Waals surface area contributed by atoms with Crippen LogP contribution in [0.15, 0.2) is 6.07 Å². The molecule has 2 heterocycles. The van der Waals surface area contributed by atoms with Gasteiger partial charge >= 0.3 is 0 Å². The zero-order chi connectivity index (χ0) is 14.1. The number of aromatic nitrogens is 2. The van der Waals surface area contributed by atoms with Crippen LogP contribution >= 0.6 is 0 Å². The highest BCUT2D eigenvalue weighted by Gasteiger charge is 2.29. The Balaban J connectivity index is 1.75. The zero-order valence-electron chi connectivity index (χ0n) is 12.9. The van der Waals surface area contributed by atoms with Gasteiger partial charge in [0.05, 0.1) is 0 Å². The van der Waals surface area contributed by atoms with E-state index in [2.05, 4.69) is 42.0 Å². The molecule has 0 bridgehead atoms. The first-order chi connectivity index (χ1) is 9.63. The van der Waals surface area contributed by atoms with Crippen LogP contribution in [0.2, 0.25) is 0 Å². The smallest absolute Gasteiger partial charge is 0.133 e. The van der Waals surface area contributed by atoms with Gasteiger partial charge in [0.2, 0.25) is 0 Å². The lowest BCUT2D eigenvalue weighted by molar-refractivity contribution is 0.567. The van der Waals surface area contributed by atoms with Gasteiger partial charge < -0.3 is 10.2 Å². The van der Waals surface area contributed by atoms with E-state index in [1.807, 2.05) is 0 Å². The van der Waals surface area contributed by atoms with Gasteiger partial charge in [-0.2, -0.15) is 0 Å². The molecule has 1 aliphatic carbocycles. The maximum Gasteiger partial charge on any atom is 0.133 e. The number of hydrogen-bond donors (Lipinski definition) is 1. The van der Waals surface area contributed by atoms with Gasteiger partial charge in [-0.15, -0.1) is 0 Å². The van der Waals surface area contributed by atoms with Crippen LogP contribution in [0, 0.1) is 6.92 Å². The van der Waals surface area contributed by atoms with Crippen LogP contribution in [0.25, 0.3) is 0 Å². The van der Waals surface area contributed by atoms with Crippen LogP contribution in [0.1, 0.15) is 57.0 Å². The molecule has 1 aromatic heterocycles. The topological polar surface area (TPSA) is 41.0 Å². The number of nitrogens with one attached hydrogen (secondary N) is 1. The van der Waals surface area contributed by atoms with Crippen LogP contribution < -0.4 is 10.2 Å². The van der Waals surface area contributed by atoms with Gasteiger partial charge in [0.1, 0.15) is 11.6 Å². The van der Waals surface area contributed by atoms with Gasteiger partial charge in [0.15, 0.2) is 0 Å². The van der Waals surface area contributed by atoms with Crippen molar-refractivity contribution in [3.05, 3.63) is 17.6 Å². The minimum absolute atomic E-state index is 0.388.